The van der Waals surface area contributed by atoms with Crippen molar-refractivity contribution >= 4 is 16.6 Å². The summed E-state index contributed by atoms with van der Waals surface area (Å²) in [7, 11) is 0. The zero-order valence-corrected chi connectivity index (χ0v) is 18.1. The second-order valence-electron chi connectivity index (χ2n) is 8.25. The maximum absolute atomic E-state index is 14.4. The molecule has 0 saturated carbocycles. The minimum atomic E-state index is -0.727. The van der Waals surface area contributed by atoms with Crippen LogP contribution in [-0.2, 0) is 0 Å². The van der Waals surface area contributed by atoms with E-state index in [9.17, 15) is 9.18 Å². The van der Waals surface area contributed by atoms with Gasteiger partial charge in [-0.2, -0.15) is 0 Å². The molecule has 3 aromatic heterocycles. The molecule has 1 unspecified atom stereocenters. The van der Waals surface area contributed by atoms with Crippen molar-refractivity contribution < 1.29 is 13.5 Å². The van der Waals surface area contributed by atoms with E-state index in [4.69, 9.17) is 14.1 Å². The molecule has 6 aromatic rings. The fourth-order valence-electron chi connectivity index (χ4n) is 4.66. The predicted molar refractivity (Wildman–Crippen MR) is 126 cm³/mol. The van der Waals surface area contributed by atoms with E-state index in [2.05, 4.69) is 10.1 Å². The van der Waals surface area contributed by atoms with Crippen molar-refractivity contribution in [2.24, 2.45) is 0 Å². The van der Waals surface area contributed by atoms with Crippen LogP contribution in [0, 0.1) is 5.82 Å². The van der Waals surface area contributed by atoms with Gasteiger partial charge in [-0.05, 0) is 29.8 Å². The average Bonchev–Trinajstić information content (AvgIpc) is 3.33. The van der Waals surface area contributed by atoms with Gasteiger partial charge in [0.2, 0.25) is 5.88 Å². The normalized spacial score (nSPS) is 14.5. The molecule has 1 aliphatic rings. The number of ether oxygens (including phenoxy) is 1. The maximum atomic E-state index is 14.4. The van der Waals surface area contributed by atoms with Crippen molar-refractivity contribution in [2.75, 3.05) is 0 Å². The monoisotopic (exact) mass is 462 g/mol. The smallest absolute Gasteiger partial charge is 0.344 e. The third-order valence-corrected chi connectivity index (χ3v) is 6.18. The van der Waals surface area contributed by atoms with Crippen LogP contribution in [0.2, 0.25) is 0 Å². The average molecular weight is 462 g/mol. The topological polar surface area (TPSA) is 82.5 Å². The Morgan fingerprint density at radius 3 is 2.60 bits per heavy atom. The van der Waals surface area contributed by atoms with E-state index in [-0.39, 0.29) is 11.4 Å². The summed E-state index contributed by atoms with van der Waals surface area (Å²) in [6.07, 6.45) is 1.52. The lowest BCUT2D eigenvalue weighted by atomic mass is 9.84. The fourth-order valence-corrected chi connectivity index (χ4v) is 4.66. The summed E-state index contributed by atoms with van der Waals surface area (Å²) >= 11 is 0. The molecule has 0 aliphatic carbocycles. The highest BCUT2D eigenvalue weighted by Crippen LogP contribution is 2.48. The van der Waals surface area contributed by atoms with Gasteiger partial charge in [-0.1, -0.05) is 54.6 Å². The Hall–Kier alpha value is -4.85. The number of nitrogens with zero attached hydrogens (tertiary/aromatic N) is 4. The largest absolute Gasteiger partial charge is 0.437 e. The predicted octanol–water partition coefficient (Wildman–Crippen LogP) is 5.32. The molecular formula is C27H15FN4O3. The van der Waals surface area contributed by atoms with Crippen LogP contribution in [-0.4, -0.2) is 19.6 Å². The van der Waals surface area contributed by atoms with Crippen molar-refractivity contribution in [1.29, 1.82) is 0 Å². The van der Waals surface area contributed by atoms with Crippen molar-refractivity contribution in [2.45, 2.75) is 5.92 Å². The molecule has 0 bridgehead atoms. The molecule has 0 fully saturated rings. The van der Waals surface area contributed by atoms with Crippen molar-refractivity contribution in [3.05, 3.63) is 118 Å². The Balaban J connectivity index is 1.57. The quantitative estimate of drug-likeness (QED) is 0.323. The van der Waals surface area contributed by atoms with Gasteiger partial charge in [0.15, 0.2) is 17.2 Å². The van der Waals surface area contributed by atoms with Crippen LogP contribution < -0.4 is 10.4 Å². The van der Waals surface area contributed by atoms with E-state index in [1.54, 1.807) is 28.8 Å². The van der Waals surface area contributed by atoms with Crippen LogP contribution in [0.1, 0.15) is 22.6 Å². The van der Waals surface area contributed by atoms with Gasteiger partial charge in [0.1, 0.15) is 17.7 Å². The number of hydrogen-bond donors (Lipinski definition) is 0. The summed E-state index contributed by atoms with van der Waals surface area (Å²) in [5.41, 5.74) is 2.45. The SMILES string of the molecule is O=c1oc2ccccc2c2c1C(c1cccc(F)c1)c1c(ncn3nc(-c4ccccc4)nc13)O2. The first-order chi connectivity index (χ1) is 17.2. The molecule has 168 valence electrons. The van der Waals surface area contributed by atoms with E-state index in [1.165, 1.54) is 18.5 Å². The van der Waals surface area contributed by atoms with Crippen molar-refractivity contribution in [1.82, 2.24) is 19.6 Å². The van der Waals surface area contributed by atoms with Gasteiger partial charge >= 0.3 is 5.63 Å². The number of para-hydroxylation sites is 1. The second kappa shape index (κ2) is 7.33. The Morgan fingerprint density at radius 1 is 0.914 bits per heavy atom. The highest BCUT2D eigenvalue weighted by molar-refractivity contribution is 5.86. The Bertz CT molecular complexity index is 1830. The van der Waals surface area contributed by atoms with Crippen LogP contribution in [0.5, 0.6) is 11.6 Å². The summed E-state index contributed by atoms with van der Waals surface area (Å²) in [6, 6.07) is 22.8. The summed E-state index contributed by atoms with van der Waals surface area (Å²) < 4.78 is 27.8. The molecule has 3 aromatic carbocycles. The first kappa shape index (κ1) is 19.6. The minimum Gasteiger partial charge on any atom is -0.437 e. The Kier molecular flexibility index (Phi) is 4.10. The van der Waals surface area contributed by atoms with Gasteiger partial charge in [0.05, 0.1) is 22.4 Å². The lowest BCUT2D eigenvalue weighted by molar-refractivity contribution is 0.422. The fraction of sp³-hybridized carbons (Fsp3) is 0.0370. The molecular weight excluding hydrogens is 447 g/mol. The first-order valence-electron chi connectivity index (χ1n) is 11.0. The molecule has 0 saturated heterocycles. The molecule has 4 heterocycles. The summed E-state index contributed by atoms with van der Waals surface area (Å²) in [4.78, 5) is 22.6. The van der Waals surface area contributed by atoms with Crippen LogP contribution in [0.15, 0.2) is 94.4 Å². The molecule has 0 spiro atoms. The summed E-state index contributed by atoms with van der Waals surface area (Å²) in [5, 5.41) is 5.20. The highest BCUT2D eigenvalue weighted by Gasteiger charge is 2.37. The molecule has 0 radical (unpaired) electrons. The van der Waals surface area contributed by atoms with E-state index in [0.717, 1.165) is 5.56 Å². The molecule has 1 aliphatic heterocycles. The van der Waals surface area contributed by atoms with Gasteiger partial charge in [-0.25, -0.2) is 23.7 Å². The Labute approximate surface area is 197 Å². The van der Waals surface area contributed by atoms with Gasteiger partial charge < -0.3 is 9.15 Å². The first-order valence-corrected chi connectivity index (χ1v) is 11.0. The van der Waals surface area contributed by atoms with Gasteiger partial charge in [-0.15, -0.1) is 5.10 Å². The zero-order chi connectivity index (χ0) is 23.5. The van der Waals surface area contributed by atoms with Gasteiger partial charge in [0.25, 0.3) is 0 Å². The second-order valence-corrected chi connectivity index (χ2v) is 8.25. The standard InChI is InChI=1S/C27H15FN4O3/c28-17-10-6-9-16(13-17)20-21-23(18-11-4-5-12-19(18)34-27(21)33)35-26-22(20)25-30-24(31-32(25)14-29-26)15-7-2-1-3-8-15/h1-14,20H. The maximum Gasteiger partial charge on any atom is 0.344 e. The molecule has 7 nitrogen and oxygen atoms in total. The number of hydrogen-bond acceptors (Lipinski definition) is 6. The molecule has 1 atom stereocenters. The highest BCUT2D eigenvalue weighted by atomic mass is 19.1. The number of rotatable bonds is 2. The number of aromatic nitrogens is 4. The van der Waals surface area contributed by atoms with E-state index in [1.807, 2.05) is 42.5 Å². The molecule has 0 amide bonds. The lowest BCUT2D eigenvalue weighted by Gasteiger charge is -2.27. The molecule has 35 heavy (non-hydrogen) atoms. The van der Waals surface area contributed by atoms with Gasteiger partial charge in [-0.3, -0.25) is 0 Å². The number of halogens is 1. The Morgan fingerprint density at radius 2 is 1.74 bits per heavy atom. The van der Waals surface area contributed by atoms with Crippen LogP contribution >= 0.6 is 0 Å². The minimum absolute atomic E-state index is 0.265. The lowest BCUT2D eigenvalue weighted by Crippen LogP contribution is -2.22. The van der Waals surface area contributed by atoms with E-state index >= 15 is 0 Å². The molecule has 0 N–H and O–H groups in total. The zero-order valence-electron chi connectivity index (χ0n) is 18.1. The van der Waals surface area contributed by atoms with Crippen molar-refractivity contribution in [3.8, 4) is 23.0 Å². The van der Waals surface area contributed by atoms with Gasteiger partial charge in [0, 0.05) is 5.56 Å². The number of benzene rings is 3. The summed E-state index contributed by atoms with van der Waals surface area (Å²) in [5.74, 6) is -0.0293. The van der Waals surface area contributed by atoms with E-state index in [0.29, 0.717) is 39.3 Å². The van der Waals surface area contributed by atoms with E-state index < -0.39 is 17.4 Å². The third kappa shape index (κ3) is 2.96. The molecule has 8 heteroatoms. The number of fused-ring (bicyclic) bond motifs is 6. The molecule has 7 rings (SSSR count). The van der Waals surface area contributed by atoms with Crippen molar-refractivity contribution in [3.63, 3.8) is 0 Å². The van der Waals surface area contributed by atoms with Crippen LogP contribution in [0.3, 0.4) is 0 Å². The van der Waals surface area contributed by atoms with Crippen LogP contribution in [0.25, 0.3) is 28.0 Å². The third-order valence-electron chi connectivity index (χ3n) is 6.18. The summed E-state index contributed by atoms with van der Waals surface area (Å²) in [6.45, 7) is 0. The van der Waals surface area contributed by atoms with Crippen LogP contribution in [0.4, 0.5) is 4.39 Å².